The largest absolute Gasteiger partial charge is 0.495 e. The molecule has 8 nitrogen and oxygen atoms in total. The van der Waals surface area contributed by atoms with Crippen LogP contribution in [0.4, 0.5) is 22.0 Å². The van der Waals surface area contributed by atoms with E-state index in [1.807, 2.05) is 25.1 Å². The molecule has 1 saturated heterocycles. The van der Waals surface area contributed by atoms with Crippen LogP contribution in [0, 0.1) is 0 Å². The topological polar surface area (TPSA) is 73.8 Å². The highest BCUT2D eigenvalue weighted by Gasteiger charge is 2.22. The minimum Gasteiger partial charge on any atom is -0.495 e. The fourth-order valence-electron chi connectivity index (χ4n) is 2.82. The van der Waals surface area contributed by atoms with Gasteiger partial charge in [0.2, 0.25) is 0 Å². The molecule has 1 aliphatic rings. The summed E-state index contributed by atoms with van der Waals surface area (Å²) in [7, 11) is 5.48. The SMILES string of the molecule is COc1cc(NC(=O)N2CCN(c3cc(N(C)C)cnn3)CC2)ccc1Cl. The molecular formula is C18H23ClN6O2. The van der Waals surface area contributed by atoms with Gasteiger partial charge in [0.25, 0.3) is 0 Å². The highest BCUT2D eigenvalue weighted by Crippen LogP contribution is 2.27. The van der Waals surface area contributed by atoms with Gasteiger partial charge in [-0.25, -0.2) is 4.79 Å². The molecule has 0 bridgehead atoms. The number of ether oxygens (including phenoxy) is 1. The lowest BCUT2D eigenvalue weighted by Crippen LogP contribution is -2.50. The number of nitrogens with one attached hydrogen (secondary N) is 1. The van der Waals surface area contributed by atoms with Gasteiger partial charge in [-0.15, -0.1) is 5.10 Å². The molecule has 1 fully saturated rings. The van der Waals surface area contributed by atoms with Crippen LogP contribution < -0.4 is 19.9 Å². The fraction of sp³-hybridized carbons (Fsp3) is 0.389. The Morgan fingerprint density at radius 1 is 1.22 bits per heavy atom. The molecule has 0 spiro atoms. The number of carbonyl (C=O) groups excluding carboxylic acids is 1. The third-order valence-corrected chi connectivity index (χ3v) is 4.75. The Morgan fingerprint density at radius 2 is 1.96 bits per heavy atom. The lowest BCUT2D eigenvalue weighted by atomic mass is 10.3. The Hall–Kier alpha value is -2.74. The molecule has 0 saturated carbocycles. The van der Waals surface area contributed by atoms with Crippen molar-refractivity contribution in [2.24, 2.45) is 0 Å². The monoisotopic (exact) mass is 390 g/mol. The predicted molar refractivity (Wildman–Crippen MR) is 107 cm³/mol. The molecule has 2 amide bonds. The summed E-state index contributed by atoms with van der Waals surface area (Å²) in [6, 6.07) is 7.01. The van der Waals surface area contributed by atoms with Gasteiger partial charge in [-0.1, -0.05) is 11.6 Å². The average molecular weight is 391 g/mol. The maximum absolute atomic E-state index is 12.5. The molecule has 2 heterocycles. The summed E-state index contributed by atoms with van der Waals surface area (Å²) in [5.41, 5.74) is 1.64. The number of aromatic nitrogens is 2. The molecule has 1 aliphatic heterocycles. The van der Waals surface area contributed by atoms with Gasteiger partial charge in [0.05, 0.1) is 24.0 Å². The first-order chi connectivity index (χ1) is 13.0. The third-order valence-electron chi connectivity index (χ3n) is 4.44. The van der Waals surface area contributed by atoms with Crippen LogP contribution in [0.2, 0.25) is 5.02 Å². The number of hydrogen-bond donors (Lipinski definition) is 1. The van der Waals surface area contributed by atoms with Crippen molar-refractivity contribution < 1.29 is 9.53 Å². The van der Waals surface area contributed by atoms with Crippen molar-refractivity contribution in [3.63, 3.8) is 0 Å². The van der Waals surface area contributed by atoms with Crippen LogP contribution in [0.5, 0.6) is 5.75 Å². The van der Waals surface area contributed by atoms with Gasteiger partial charge in [0.1, 0.15) is 5.75 Å². The quantitative estimate of drug-likeness (QED) is 0.864. The van der Waals surface area contributed by atoms with E-state index in [0.717, 1.165) is 11.5 Å². The molecule has 1 aromatic carbocycles. The van der Waals surface area contributed by atoms with Gasteiger partial charge in [-0.3, -0.25) is 0 Å². The number of urea groups is 1. The molecule has 3 rings (SSSR count). The Morgan fingerprint density at radius 3 is 2.63 bits per heavy atom. The number of carbonyl (C=O) groups is 1. The van der Waals surface area contributed by atoms with Crippen molar-refractivity contribution in [3.05, 3.63) is 35.5 Å². The van der Waals surface area contributed by atoms with E-state index in [1.54, 1.807) is 36.4 Å². The van der Waals surface area contributed by atoms with Gasteiger partial charge in [0.15, 0.2) is 5.82 Å². The maximum Gasteiger partial charge on any atom is 0.321 e. The van der Waals surface area contributed by atoms with Crippen LogP contribution in [-0.2, 0) is 0 Å². The normalized spacial score (nSPS) is 14.1. The van der Waals surface area contributed by atoms with E-state index < -0.39 is 0 Å². The van der Waals surface area contributed by atoms with E-state index in [4.69, 9.17) is 16.3 Å². The second kappa shape index (κ2) is 8.30. The lowest BCUT2D eigenvalue weighted by molar-refractivity contribution is 0.208. The molecule has 0 aliphatic carbocycles. The van der Waals surface area contributed by atoms with Gasteiger partial charge in [-0.05, 0) is 12.1 Å². The minimum absolute atomic E-state index is 0.146. The van der Waals surface area contributed by atoms with Crippen LogP contribution in [0.15, 0.2) is 30.5 Å². The Labute approximate surface area is 163 Å². The summed E-state index contributed by atoms with van der Waals surface area (Å²) >= 11 is 6.02. The molecule has 1 N–H and O–H groups in total. The van der Waals surface area contributed by atoms with Crippen LogP contribution >= 0.6 is 11.6 Å². The zero-order valence-electron chi connectivity index (χ0n) is 15.6. The number of piperazine rings is 1. The van der Waals surface area contributed by atoms with E-state index in [2.05, 4.69) is 20.4 Å². The van der Waals surface area contributed by atoms with Crippen molar-refractivity contribution >= 4 is 34.8 Å². The lowest BCUT2D eigenvalue weighted by Gasteiger charge is -2.35. The first-order valence-corrected chi connectivity index (χ1v) is 9.00. The van der Waals surface area contributed by atoms with Crippen LogP contribution in [-0.4, -0.2) is 68.5 Å². The van der Waals surface area contributed by atoms with Crippen molar-refractivity contribution in [3.8, 4) is 5.75 Å². The first kappa shape index (κ1) is 19.0. The Balaban J connectivity index is 1.59. The molecule has 9 heteroatoms. The summed E-state index contributed by atoms with van der Waals surface area (Å²) in [4.78, 5) is 18.4. The number of rotatable bonds is 4. The summed E-state index contributed by atoms with van der Waals surface area (Å²) in [5.74, 6) is 1.35. The number of anilines is 3. The zero-order chi connectivity index (χ0) is 19.4. The molecular weight excluding hydrogens is 368 g/mol. The highest BCUT2D eigenvalue weighted by molar-refractivity contribution is 6.32. The predicted octanol–water partition coefficient (Wildman–Crippen LogP) is 2.56. The smallest absolute Gasteiger partial charge is 0.321 e. The summed E-state index contributed by atoms with van der Waals surface area (Å²) in [5, 5.41) is 11.7. The van der Waals surface area contributed by atoms with Crippen molar-refractivity contribution in [1.29, 1.82) is 0 Å². The molecule has 0 unspecified atom stereocenters. The number of methoxy groups -OCH3 is 1. The van der Waals surface area contributed by atoms with Crippen LogP contribution in [0.3, 0.4) is 0 Å². The number of nitrogens with zero attached hydrogens (tertiary/aromatic N) is 5. The molecule has 27 heavy (non-hydrogen) atoms. The van der Waals surface area contributed by atoms with Crippen LogP contribution in [0.1, 0.15) is 0 Å². The molecule has 144 valence electrons. The zero-order valence-corrected chi connectivity index (χ0v) is 16.4. The number of benzene rings is 1. The van der Waals surface area contributed by atoms with E-state index in [9.17, 15) is 4.79 Å². The van der Waals surface area contributed by atoms with Crippen LogP contribution in [0.25, 0.3) is 0 Å². The van der Waals surface area contributed by atoms with Crippen molar-refractivity contribution in [2.45, 2.75) is 0 Å². The third kappa shape index (κ3) is 4.51. The van der Waals surface area contributed by atoms with E-state index >= 15 is 0 Å². The van der Waals surface area contributed by atoms with Gasteiger partial charge >= 0.3 is 6.03 Å². The second-order valence-corrected chi connectivity index (χ2v) is 6.83. The van der Waals surface area contributed by atoms with Gasteiger partial charge in [-0.2, -0.15) is 5.10 Å². The number of amides is 2. The Bertz CT molecular complexity index is 808. The number of halogens is 1. The maximum atomic E-state index is 12.5. The molecule has 0 radical (unpaired) electrons. The average Bonchev–Trinajstić information content (AvgIpc) is 2.69. The van der Waals surface area contributed by atoms with E-state index in [-0.39, 0.29) is 6.03 Å². The van der Waals surface area contributed by atoms with E-state index in [1.165, 1.54) is 0 Å². The molecule has 1 aromatic heterocycles. The molecule has 2 aromatic rings. The first-order valence-electron chi connectivity index (χ1n) is 8.62. The van der Waals surface area contributed by atoms with Crippen molar-refractivity contribution in [2.75, 3.05) is 62.5 Å². The summed E-state index contributed by atoms with van der Waals surface area (Å²) in [6.45, 7) is 2.60. The minimum atomic E-state index is -0.146. The van der Waals surface area contributed by atoms with E-state index in [0.29, 0.717) is 42.6 Å². The standard InChI is InChI=1S/C18H23ClN6O2/c1-23(2)14-11-17(22-20-12-14)24-6-8-25(9-7-24)18(26)21-13-4-5-15(19)16(10-13)27-3/h4-5,10-12H,6-9H2,1-3H3,(H,21,26). The summed E-state index contributed by atoms with van der Waals surface area (Å²) in [6.07, 6.45) is 1.73. The number of hydrogen-bond acceptors (Lipinski definition) is 6. The van der Waals surface area contributed by atoms with Gasteiger partial charge in [0, 0.05) is 58.1 Å². The highest BCUT2D eigenvalue weighted by atomic mass is 35.5. The fourth-order valence-corrected chi connectivity index (χ4v) is 3.02. The molecule has 0 atom stereocenters. The second-order valence-electron chi connectivity index (χ2n) is 6.42. The Kier molecular flexibility index (Phi) is 5.85. The van der Waals surface area contributed by atoms with Gasteiger partial charge < -0.3 is 24.8 Å². The summed E-state index contributed by atoms with van der Waals surface area (Å²) < 4.78 is 5.18. The van der Waals surface area contributed by atoms with Crippen molar-refractivity contribution in [1.82, 2.24) is 15.1 Å².